The van der Waals surface area contributed by atoms with Crippen molar-refractivity contribution in [3.63, 3.8) is 0 Å². The molecule has 1 amide bonds. The maximum atomic E-state index is 10.6. The molecule has 0 aromatic heterocycles. The summed E-state index contributed by atoms with van der Waals surface area (Å²) in [5, 5.41) is 8.73. The van der Waals surface area contributed by atoms with Gasteiger partial charge in [0.2, 0.25) is 0 Å². The van der Waals surface area contributed by atoms with Crippen molar-refractivity contribution in [3.05, 3.63) is 36.9 Å². The summed E-state index contributed by atoms with van der Waals surface area (Å²) in [6.07, 6.45) is 0.659. The highest BCUT2D eigenvalue weighted by atomic mass is 16.5. The Morgan fingerprint density at radius 1 is 1.53 bits per heavy atom. The van der Waals surface area contributed by atoms with Gasteiger partial charge in [-0.05, 0) is 24.3 Å². The third kappa shape index (κ3) is 3.02. The lowest BCUT2D eigenvalue weighted by Gasteiger charge is -2.13. The second kappa shape index (κ2) is 5.05. The summed E-state index contributed by atoms with van der Waals surface area (Å²) in [5.41, 5.74) is 0.605. The van der Waals surface area contributed by atoms with Crippen LogP contribution in [0.4, 0.5) is 10.5 Å². The molecular weight excluding hydrogens is 194 g/mol. The van der Waals surface area contributed by atoms with Crippen molar-refractivity contribution < 1.29 is 14.6 Å². The van der Waals surface area contributed by atoms with Gasteiger partial charge in [-0.1, -0.05) is 12.7 Å². The van der Waals surface area contributed by atoms with Crippen LogP contribution in [-0.2, 0) is 0 Å². The summed E-state index contributed by atoms with van der Waals surface area (Å²) < 4.78 is 5.27. The fraction of sp³-hybridized carbons (Fsp3) is 0.182. The van der Waals surface area contributed by atoms with Crippen molar-refractivity contribution in [3.8, 4) is 5.75 Å². The molecule has 1 rings (SSSR count). The maximum Gasteiger partial charge on any atom is 0.411 e. The lowest BCUT2D eigenvalue weighted by Crippen LogP contribution is -2.23. The predicted octanol–water partition coefficient (Wildman–Crippen LogP) is 2.37. The highest BCUT2D eigenvalue weighted by Gasteiger charge is 2.07. The molecule has 0 atom stereocenters. The first kappa shape index (κ1) is 11.1. The summed E-state index contributed by atoms with van der Waals surface area (Å²) in [7, 11) is 1.49. The third-order valence-electron chi connectivity index (χ3n) is 1.88. The van der Waals surface area contributed by atoms with Crippen LogP contribution in [0.15, 0.2) is 36.9 Å². The Morgan fingerprint density at radius 2 is 2.13 bits per heavy atom. The third-order valence-corrected chi connectivity index (χ3v) is 1.88. The smallest absolute Gasteiger partial charge is 0.411 e. The van der Waals surface area contributed by atoms with Crippen LogP contribution in [0.3, 0.4) is 0 Å². The van der Waals surface area contributed by atoms with Crippen molar-refractivity contribution in [2.45, 2.75) is 0 Å². The maximum absolute atomic E-state index is 10.6. The number of benzene rings is 1. The fourth-order valence-electron chi connectivity index (χ4n) is 1.03. The highest BCUT2D eigenvalue weighted by Crippen LogP contribution is 2.18. The van der Waals surface area contributed by atoms with Gasteiger partial charge in [-0.2, -0.15) is 0 Å². The van der Waals surface area contributed by atoms with E-state index in [-0.39, 0.29) is 0 Å². The number of carboxylic acid groups (broad SMARTS) is 1. The van der Waals surface area contributed by atoms with Gasteiger partial charge >= 0.3 is 6.09 Å². The van der Waals surface area contributed by atoms with E-state index in [1.54, 1.807) is 30.3 Å². The minimum Gasteiger partial charge on any atom is -0.490 e. The number of hydrogen-bond donors (Lipinski definition) is 1. The van der Waals surface area contributed by atoms with Crippen molar-refractivity contribution in [1.29, 1.82) is 0 Å². The highest BCUT2D eigenvalue weighted by molar-refractivity contribution is 5.85. The molecule has 80 valence electrons. The molecule has 0 bridgehead atoms. The van der Waals surface area contributed by atoms with Gasteiger partial charge < -0.3 is 9.84 Å². The van der Waals surface area contributed by atoms with E-state index in [9.17, 15) is 4.79 Å². The quantitative estimate of drug-likeness (QED) is 0.771. The molecule has 0 fully saturated rings. The first-order chi connectivity index (χ1) is 7.15. The Labute approximate surface area is 88.4 Å². The second-order valence-electron chi connectivity index (χ2n) is 2.94. The molecule has 0 radical (unpaired) electrons. The Bertz CT molecular complexity index is 345. The molecule has 1 N–H and O–H groups in total. The Morgan fingerprint density at radius 3 is 2.60 bits per heavy atom. The number of anilines is 1. The number of hydrogen-bond acceptors (Lipinski definition) is 2. The Balaban J connectivity index is 2.71. The molecule has 4 heteroatoms. The lowest BCUT2D eigenvalue weighted by molar-refractivity contribution is 0.203. The van der Waals surface area contributed by atoms with E-state index >= 15 is 0 Å². The molecule has 0 aliphatic carbocycles. The van der Waals surface area contributed by atoms with Gasteiger partial charge in [0, 0.05) is 12.7 Å². The van der Waals surface area contributed by atoms with Crippen LogP contribution in [0.5, 0.6) is 5.75 Å². The van der Waals surface area contributed by atoms with Crippen LogP contribution < -0.4 is 9.64 Å². The van der Waals surface area contributed by atoms with Gasteiger partial charge in [0.1, 0.15) is 12.4 Å². The largest absolute Gasteiger partial charge is 0.490 e. The Hall–Kier alpha value is -1.97. The topological polar surface area (TPSA) is 49.8 Å². The van der Waals surface area contributed by atoms with E-state index in [0.29, 0.717) is 18.0 Å². The molecule has 1 aromatic rings. The van der Waals surface area contributed by atoms with Crippen LogP contribution in [-0.4, -0.2) is 24.9 Å². The van der Waals surface area contributed by atoms with Crippen LogP contribution >= 0.6 is 0 Å². The SMILES string of the molecule is C=CCOc1ccc(N(C)C(=O)O)cc1. The van der Waals surface area contributed by atoms with Crippen molar-refractivity contribution in [2.24, 2.45) is 0 Å². The standard InChI is InChI=1S/C11H13NO3/c1-3-8-15-10-6-4-9(5-7-10)12(2)11(13)14/h3-7H,1,8H2,2H3,(H,13,14). The summed E-state index contributed by atoms with van der Waals surface area (Å²) in [5.74, 6) is 0.692. The molecule has 1 aromatic carbocycles. The molecule has 0 heterocycles. The van der Waals surface area contributed by atoms with E-state index in [1.807, 2.05) is 0 Å². The lowest BCUT2D eigenvalue weighted by atomic mass is 10.3. The van der Waals surface area contributed by atoms with Crippen LogP contribution in [0.25, 0.3) is 0 Å². The molecule has 0 spiro atoms. The number of ether oxygens (including phenoxy) is 1. The predicted molar refractivity (Wildman–Crippen MR) is 58.6 cm³/mol. The molecule has 0 aliphatic heterocycles. The van der Waals surface area contributed by atoms with E-state index in [4.69, 9.17) is 9.84 Å². The van der Waals surface area contributed by atoms with E-state index in [0.717, 1.165) is 4.90 Å². The van der Waals surface area contributed by atoms with Gasteiger partial charge in [0.15, 0.2) is 0 Å². The van der Waals surface area contributed by atoms with Gasteiger partial charge in [-0.15, -0.1) is 0 Å². The fourth-order valence-corrected chi connectivity index (χ4v) is 1.03. The van der Waals surface area contributed by atoms with Crippen molar-refractivity contribution in [1.82, 2.24) is 0 Å². The zero-order valence-electron chi connectivity index (χ0n) is 8.51. The molecule has 0 saturated heterocycles. The van der Waals surface area contributed by atoms with E-state index in [1.165, 1.54) is 7.05 Å². The van der Waals surface area contributed by atoms with Gasteiger partial charge in [-0.3, -0.25) is 4.90 Å². The van der Waals surface area contributed by atoms with Gasteiger partial charge in [0.05, 0.1) is 0 Å². The van der Waals surface area contributed by atoms with E-state index < -0.39 is 6.09 Å². The Kier molecular flexibility index (Phi) is 3.74. The molecule has 0 aliphatic rings. The van der Waals surface area contributed by atoms with Crippen LogP contribution in [0, 0.1) is 0 Å². The molecule has 0 unspecified atom stereocenters. The average Bonchev–Trinajstić information content (AvgIpc) is 2.26. The molecular formula is C11H13NO3. The number of carbonyl (C=O) groups is 1. The van der Waals surface area contributed by atoms with Crippen molar-refractivity contribution >= 4 is 11.8 Å². The molecule has 15 heavy (non-hydrogen) atoms. The van der Waals surface area contributed by atoms with Crippen LogP contribution in [0.1, 0.15) is 0 Å². The summed E-state index contributed by atoms with van der Waals surface area (Å²) >= 11 is 0. The van der Waals surface area contributed by atoms with Gasteiger partial charge in [0.25, 0.3) is 0 Å². The first-order valence-electron chi connectivity index (χ1n) is 4.45. The second-order valence-corrected chi connectivity index (χ2v) is 2.94. The van der Waals surface area contributed by atoms with E-state index in [2.05, 4.69) is 6.58 Å². The summed E-state index contributed by atoms with van der Waals surface area (Å²) in [6, 6.07) is 6.82. The minimum absolute atomic E-state index is 0.439. The average molecular weight is 207 g/mol. The zero-order chi connectivity index (χ0) is 11.3. The number of nitrogens with zero attached hydrogens (tertiary/aromatic N) is 1. The summed E-state index contributed by atoms with van der Waals surface area (Å²) in [6.45, 7) is 3.97. The summed E-state index contributed by atoms with van der Waals surface area (Å²) in [4.78, 5) is 11.8. The van der Waals surface area contributed by atoms with Crippen molar-refractivity contribution in [2.75, 3.05) is 18.6 Å². The molecule has 0 saturated carbocycles. The first-order valence-corrected chi connectivity index (χ1v) is 4.45. The number of amides is 1. The monoisotopic (exact) mass is 207 g/mol. The van der Waals surface area contributed by atoms with Gasteiger partial charge in [-0.25, -0.2) is 4.79 Å². The van der Waals surface area contributed by atoms with Crippen LogP contribution in [0.2, 0.25) is 0 Å². The minimum atomic E-state index is -0.991. The zero-order valence-corrected chi connectivity index (χ0v) is 8.51. The number of rotatable bonds is 4. The normalized spacial score (nSPS) is 9.40. The molecule has 4 nitrogen and oxygen atoms in total.